The number of hydrogen-bond acceptors (Lipinski definition) is 5. The van der Waals surface area contributed by atoms with Crippen molar-refractivity contribution in [3.63, 3.8) is 0 Å². The molecule has 7 heteroatoms. The maximum atomic E-state index is 12.4. The first-order chi connectivity index (χ1) is 12.6. The molecule has 1 aliphatic rings. The van der Waals surface area contributed by atoms with Crippen LogP contribution in [0.4, 0.5) is 6.01 Å². The van der Waals surface area contributed by atoms with Crippen LogP contribution in [0.1, 0.15) is 17.5 Å². The van der Waals surface area contributed by atoms with Gasteiger partial charge in [0, 0.05) is 45.8 Å². The van der Waals surface area contributed by atoms with Crippen LogP contribution < -0.4 is 4.90 Å². The van der Waals surface area contributed by atoms with Crippen molar-refractivity contribution in [1.82, 2.24) is 19.7 Å². The zero-order valence-electron chi connectivity index (χ0n) is 15.2. The number of anilines is 1. The van der Waals surface area contributed by atoms with Crippen LogP contribution in [0.3, 0.4) is 0 Å². The van der Waals surface area contributed by atoms with E-state index in [0.717, 1.165) is 36.2 Å². The van der Waals surface area contributed by atoms with E-state index in [1.54, 1.807) is 4.68 Å². The lowest BCUT2D eigenvalue weighted by atomic mass is 10.2. The van der Waals surface area contributed by atoms with Crippen LogP contribution in [-0.2, 0) is 18.3 Å². The van der Waals surface area contributed by atoms with Gasteiger partial charge in [0.15, 0.2) is 5.58 Å². The van der Waals surface area contributed by atoms with Gasteiger partial charge in [0.2, 0.25) is 5.91 Å². The van der Waals surface area contributed by atoms with Crippen molar-refractivity contribution in [3.05, 3.63) is 41.7 Å². The van der Waals surface area contributed by atoms with Gasteiger partial charge in [0.25, 0.3) is 6.01 Å². The van der Waals surface area contributed by atoms with Gasteiger partial charge in [-0.15, -0.1) is 0 Å². The zero-order valence-corrected chi connectivity index (χ0v) is 15.2. The topological polar surface area (TPSA) is 67.4 Å². The Balaban J connectivity index is 1.33. The maximum Gasteiger partial charge on any atom is 0.298 e. The van der Waals surface area contributed by atoms with Gasteiger partial charge in [-0.1, -0.05) is 6.07 Å². The minimum Gasteiger partial charge on any atom is -0.423 e. The molecule has 26 heavy (non-hydrogen) atoms. The van der Waals surface area contributed by atoms with Crippen molar-refractivity contribution in [1.29, 1.82) is 0 Å². The van der Waals surface area contributed by atoms with E-state index in [0.29, 0.717) is 25.5 Å². The van der Waals surface area contributed by atoms with E-state index in [9.17, 15) is 4.79 Å². The van der Waals surface area contributed by atoms with Crippen LogP contribution in [0.5, 0.6) is 0 Å². The fourth-order valence-electron chi connectivity index (χ4n) is 3.32. The molecule has 2 aromatic heterocycles. The molecular formula is C19H23N5O2. The van der Waals surface area contributed by atoms with Crippen LogP contribution in [-0.4, -0.2) is 51.8 Å². The molecule has 1 saturated heterocycles. The quantitative estimate of drug-likeness (QED) is 0.719. The minimum atomic E-state index is 0.196. The lowest BCUT2D eigenvalue weighted by Gasteiger charge is -2.33. The van der Waals surface area contributed by atoms with E-state index < -0.39 is 0 Å². The Hall–Kier alpha value is -2.83. The highest BCUT2D eigenvalue weighted by molar-refractivity contribution is 5.77. The number of aromatic nitrogens is 3. The first-order valence-corrected chi connectivity index (χ1v) is 8.96. The van der Waals surface area contributed by atoms with Crippen LogP contribution in [0, 0.1) is 6.92 Å². The molecule has 1 aromatic carbocycles. The minimum absolute atomic E-state index is 0.196. The number of oxazole rings is 1. The van der Waals surface area contributed by atoms with Crippen molar-refractivity contribution in [2.75, 3.05) is 31.1 Å². The number of fused-ring (bicyclic) bond motifs is 1. The molecule has 0 N–H and O–H groups in total. The molecule has 0 atom stereocenters. The number of amides is 1. The summed E-state index contributed by atoms with van der Waals surface area (Å²) in [6.07, 6.45) is 5.03. The number of benzene rings is 1. The van der Waals surface area contributed by atoms with Gasteiger partial charge >= 0.3 is 0 Å². The van der Waals surface area contributed by atoms with Gasteiger partial charge in [0.05, 0.1) is 6.20 Å². The molecule has 4 rings (SSSR count). The molecule has 0 bridgehead atoms. The van der Waals surface area contributed by atoms with E-state index in [2.05, 4.69) is 15.0 Å². The fourth-order valence-corrected chi connectivity index (χ4v) is 3.32. The third-order valence-corrected chi connectivity index (χ3v) is 4.82. The SMILES string of the molecule is Cc1ccc2oc(N3CCN(C(=O)CCc4cnn(C)c4)CC3)nc2c1. The summed E-state index contributed by atoms with van der Waals surface area (Å²) in [7, 11) is 1.89. The number of aryl methyl sites for hydroxylation is 3. The standard InChI is InChI=1S/C19H23N5O2/c1-14-3-5-17-16(11-14)21-19(26-17)24-9-7-23(8-10-24)18(25)6-4-15-12-20-22(2)13-15/h3,5,11-13H,4,6-10H2,1-2H3. The second-order valence-corrected chi connectivity index (χ2v) is 6.86. The van der Waals surface area contributed by atoms with Crippen molar-refractivity contribution in [2.45, 2.75) is 19.8 Å². The van der Waals surface area contributed by atoms with Crippen molar-refractivity contribution in [3.8, 4) is 0 Å². The smallest absolute Gasteiger partial charge is 0.298 e. The summed E-state index contributed by atoms with van der Waals surface area (Å²) in [5, 5.41) is 4.14. The number of nitrogens with zero attached hydrogens (tertiary/aromatic N) is 5. The number of hydrogen-bond donors (Lipinski definition) is 0. The Kier molecular flexibility index (Phi) is 4.36. The molecule has 1 amide bonds. The molecule has 3 aromatic rings. The Bertz CT molecular complexity index is 921. The van der Waals surface area contributed by atoms with Crippen LogP contribution >= 0.6 is 0 Å². The lowest BCUT2D eigenvalue weighted by molar-refractivity contribution is -0.131. The summed E-state index contributed by atoms with van der Waals surface area (Å²) in [5.74, 6) is 0.196. The number of carbonyl (C=O) groups excluding carboxylic acids is 1. The summed E-state index contributed by atoms with van der Waals surface area (Å²) < 4.78 is 7.63. The summed E-state index contributed by atoms with van der Waals surface area (Å²) in [6.45, 7) is 4.92. The molecule has 7 nitrogen and oxygen atoms in total. The average Bonchev–Trinajstić information content (AvgIpc) is 3.25. The third-order valence-electron chi connectivity index (χ3n) is 4.82. The van der Waals surface area contributed by atoms with E-state index in [4.69, 9.17) is 4.42 Å². The van der Waals surface area contributed by atoms with Gasteiger partial charge in [0.1, 0.15) is 5.52 Å². The fraction of sp³-hybridized carbons (Fsp3) is 0.421. The van der Waals surface area contributed by atoms with Gasteiger partial charge in [-0.2, -0.15) is 10.1 Å². The van der Waals surface area contributed by atoms with E-state index in [1.165, 1.54) is 5.56 Å². The molecule has 136 valence electrons. The summed E-state index contributed by atoms with van der Waals surface area (Å²) in [4.78, 5) is 21.1. The monoisotopic (exact) mass is 353 g/mol. The predicted molar refractivity (Wildman–Crippen MR) is 99.1 cm³/mol. The highest BCUT2D eigenvalue weighted by Crippen LogP contribution is 2.23. The molecule has 0 unspecified atom stereocenters. The summed E-state index contributed by atoms with van der Waals surface area (Å²) in [5.41, 5.74) is 3.96. The highest BCUT2D eigenvalue weighted by atomic mass is 16.4. The number of rotatable bonds is 4. The van der Waals surface area contributed by atoms with Gasteiger partial charge < -0.3 is 14.2 Å². The van der Waals surface area contributed by atoms with Gasteiger partial charge in [-0.25, -0.2) is 0 Å². The summed E-state index contributed by atoms with van der Waals surface area (Å²) >= 11 is 0. The normalized spacial score (nSPS) is 15.0. The molecule has 1 aliphatic heterocycles. The molecular weight excluding hydrogens is 330 g/mol. The highest BCUT2D eigenvalue weighted by Gasteiger charge is 2.24. The predicted octanol–water partition coefficient (Wildman–Crippen LogP) is 2.15. The Morgan fingerprint density at radius 2 is 2.04 bits per heavy atom. The van der Waals surface area contributed by atoms with Gasteiger partial charge in [-0.3, -0.25) is 9.48 Å². The van der Waals surface area contributed by atoms with E-state index in [-0.39, 0.29) is 5.91 Å². The first-order valence-electron chi connectivity index (χ1n) is 8.96. The zero-order chi connectivity index (χ0) is 18.1. The van der Waals surface area contributed by atoms with Crippen molar-refractivity contribution in [2.24, 2.45) is 7.05 Å². The Labute approximate surface area is 152 Å². The van der Waals surface area contributed by atoms with E-state index >= 15 is 0 Å². The van der Waals surface area contributed by atoms with Crippen molar-refractivity contribution < 1.29 is 9.21 Å². The Morgan fingerprint density at radius 3 is 2.77 bits per heavy atom. The molecule has 0 radical (unpaired) electrons. The van der Waals surface area contributed by atoms with Crippen LogP contribution in [0.15, 0.2) is 35.0 Å². The second-order valence-electron chi connectivity index (χ2n) is 6.86. The van der Waals surface area contributed by atoms with E-state index in [1.807, 2.05) is 49.5 Å². The summed E-state index contributed by atoms with van der Waals surface area (Å²) in [6, 6.07) is 6.66. The average molecular weight is 353 g/mol. The molecule has 3 heterocycles. The second kappa shape index (κ2) is 6.82. The molecule has 0 saturated carbocycles. The first kappa shape index (κ1) is 16.6. The Morgan fingerprint density at radius 1 is 1.23 bits per heavy atom. The van der Waals surface area contributed by atoms with Crippen LogP contribution in [0.25, 0.3) is 11.1 Å². The number of piperazine rings is 1. The van der Waals surface area contributed by atoms with Crippen LogP contribution in [0.2, 0.25) is 0 Å². The largest absolute Gasteiger partial charge is 0.423 e. The van der Waals surface area contributed by atoms with Gasteiger partial charge in [-0.05, 0) is 36.6 Å². The number of carbonyl (C=O) groups is 1. The molecule has 0 spiro atoms. The lowest BCUT2D eigenvalue weighted by Crippen LogP contribution is -2.49. The maximum absolute atomic E-state index is 12.4. The molecule has 0 aliphatic carbocycles. The van der Waals surface area contributed by atoms with Crippen molar-refractivity contribution >= 4 is 23.0 Å². The third kappa shape index (κ3) is 3.42. The molecule has 1 fully saturated rings.